The van der Waals surface area contributed by atoms with Gasteiger partial charge in [-0.2, -0.15) is 0 Å². The van der Waals surface area contributed by atoms with E-state index in [1.54, 1.807) is 7.11 Å². The molecule has 5 heterocycles. The standard InChI is InChI=1S/C36H35N5O4/c1-19-32(20(2)45-40-19)29-15-30-28(16-31(29)43-4)33-34(37-21(3)38-35(33)39-30)26-9-10-27(25-8-6-5-7-24(25)26)36(42)41-13-11-22(12-14-41)23-17-44-18-23/h5-10,15-16,22-23H,11-14,17-18H2,1-4H3,(H,37,38,39). The van der Waals surface area contributed by atoms with Crippen LogP contribution >= 0.6 is 0 Å². The minimum Gasteiger partial charge on any atom is -0.496 e. The number of nitrogens with one attached hydrogen (secondary N) is 1. The summed E-state index contributed by atoms with van der Waals surface area (Å²) in [6.45, 7) is 9.05. The molecule has 0 radical (unpaired) electrons. The van der Waals surface area contributed by atoms with Crippen molar-refractivity contribution in [3.05, 3.63) is 71.4 Å². The van der Waals surface area contributed by atoms with E-state index in [0.717, 1.165) is 111 Å². The van der Waals surface area contributed by atoms with E-state index < -0.39 is 0 Å². The highest BCUT2D eigenvalue weighted by Crippen LogP contribution is 2.42. The largest absolute Gasteiger partial charge is 0.496 e. The second kappa shape index (κ2) is 10.7. The Labute approximate surface area is 260 Å². The first-order chi connectivity index (χ1) is 21.9. The Balaban J connectivity index is 1.25. The summed E-state index contributed by atoms with van der Waals surface area (Å²) in [5.74, 6) is 3.50. The van der Waals surface area contributed by atoms with Gasteiger partial charge in [0.25, 0.3) is 5.91 Å². The lowest BCUT2D eigenvalue weighted by molar-refractivity contribution is -0.0707. The topological polar surface area (TPSA) is 106 Å². The number of ether oxygens (including phenoxy) is 2. The van der Waals surface area contributed by atoms with Gasteiger partial charge in [0, 0.05) is 46.6 Å². The molecule has 3 aromatic heterocycles. The normalized spacial score (nSPS) is 16.1. The van der Waals surface area contributed by atoms with Crippen molar-refractivity contribution < 1.29 is 18.8 Å². The van der Waals surface area contributed by atoms with E-state index in [0.29, 0.717) is 23.4 Å². The lowest BCUT2D eigenvalue weighted by Crippen LogP contribution is -2.44. The first-order valence-electron chi connectivity index (χ1n) is 15.6. The number of methoxy groups -OCH3 is 1. The van der Waals surface area contributed by atoms with E-state index in [9.17, 15) is 4.79 Å². The summed E-state index contributed by atoms with van der Waals surface area (Å²) >= 11 is 0. The molecule has 0 spiro atoms. The number of H-pyrrole nitrogens is 1. The van der Waals surface area contributed by atoms with Crippen LogP contribution in [0.15, 0.2) is 53.1 Å². The van der Waals surface area contributed by atoms with Gasteiger partial charge in [-0.15, -0.1) is 0 Å². The lowest BCUT2D eigenvalue weighted by Gasteiger charge is -2.39. The summed E-state index contributed by atoms with van der Waals surface area (Å²) in [5, 5.41) is 7.93. The van der Waals surface area contributed by atoms with Crippen LogP contribution in [0.3, 0.4) is 0 Å². The number of piperidine rings is 1. The van der Waals surface area contributed by atoms with E-state index in [2.05, 4.69) is 22.3 Å². The molecule has 2 saturated heterocycles. The van der Waals surface area contributed by atoms with Gasteiger partial charge in [0.05, 0.1) is 42.7 Å². The predicted octanol–water partition coefficient (Wildman–Crippen LogP) is 7.02. The molecule has 3 aromatic carbocycles. The molecule has 0 unspecified atom stereocenters. The lowest BCUT2D eigenvalue weighted by atomic mass is 9.83. The SMILES string of the molecule is COc1cc2c(cc1-c1c(C)noc1C)[nH]c1nc(C)nc(-c3ccc(C(=O)N4CCC(C5COC5)CC4)c4ccccc34)c12. The number of carbonyl (C=O) groups is 1. The van der Waals surface area contributed by atoms with Crippen molar-refractivity contribution in [2.45, 2.75) is 33.6 Å². The summed E-state index contributed by atoms with van der Waals surface area (Å²) in [7, 11) is 1.67. The molecule has 6 aromatic rings. The minimum atomic E-state index is 0.0914. The Morgan fingerprint density at radius 3 is 2.40 bits per heavy atom. The number of hydrogen-bond acceptors (Lipinski definition) is 7. The fourth-order valence-electron chi connectivity index (χ4n) is 7.32. The highest BCUT2D eigenvalue weighted by molar-refractivity contribution is 6.17. The van der Waals surface area contributed by atoms with Crippen molar-refractivity contribution in [3.63, 3.8) is 0 Å². The van der Waals surface area contributed by atoms with E-state index >= 15 is 0 Å². The van der Waals surface area contributed by atoms with Gasteiger partial charge in [-0.25, -0.2) is 9.97 Å². The van der Waals surface area contributed by atoms with Gasteiger partial charge in [0.1, 0.15) is 23.0 Å². The van der Waals surface area contributed by atoms with Crippen LogP contribution in [0.1, 0.15) is 40.5 Å². The molecule has 228 valence electrons. The summed E-state index contributed by atoms with van der Waals surface area (Å²) in [5.41, 5.74) is 6.78. The number of rotatable bonds is 5. The molecule has 0 bridgehead atoms. The number of aromatic amines is 1. The zero-order chi connectivity index (χ0) is 30.8. The third-order valence-electron chi connectivity index (χ3n) is 9.75. The van der Waals surface area contributed by atoms with Crippen molar-refractivity contribution in [2.75, 3.05) is 33.4 Å². The Morgan fingerprint density at radius 1 is 0.933 bits per heavy atom. The predicted molar refractivity (Wildman–Crippen MR) is 174 cm³/mol. The van der Waals surface area contributed by atoms with Crippen molar-refractivity contribution in [3.8, 4) is 28.1 Å². The Morgan fingerprint density at radius 2 is 1.71 bits per heavy atom. The number of aryl methyl sites for hydroxylation is 3. The van der Waals surface area contributed by atoms with Gasteiger partial charge in [0.2, 0.25) is 0 Å². The quantitative estimate of drug-likeness (QED) is 0.226. The number of hydrogen-bond donors (Lipinski definition) is 1. The number of likely N-dealkylation sites (tertiary alicyclic amines) is 1. The third kappa shape index (κ3) is 4.48. The van der Waals surface area contributed by atoms with Gasteiger partial charge in [-0.1, -0.05) is 35.5 Å². The molecule has 0 atom stereocenters. The van der Waals surface area contributed by atoms with Gasteiger partial charge in [0.15, 0.2) is 0 Å². The minimum absolute atomic E-state index is 0.0914. The first-order valence-corrected chi connectivity index (χ1v) is 15.6. The molecule has 0 aliphatic carbocycles. The molecule has 2 aliphatic heterocycles. The summed E-state index contributed by atoms with van der Waals surface area (Å²) in [4.78, 5) is 29.3. The highest BCUT2D eigenvalue weighted by atomic mass is 16.5. The third-order valence-corrected chi connectivity index (χ3v) is 9.75. The van der Waals surface area contributed by atoms with Crippen LogP contribution in [-0.2, 0) is 4.74 Å². The van der Waals surface area contributed by atoms with Crippen LogP contribution in [-0.4, -0.2) is 64.3 Å². The number of benzene rings is 3. The van der Waals surface area contributed by atoms with Gasteiger partial charge >= 0.3 is 0 Å². The maximum absolute atomic E-state index is 13.9. The van der Waals surface area contributed by atoms with Crippen LogP contribution in [0, 0.1) is 32.6 Å². The molecular weight excluding hydrogens is 566 g/mol. The number of aromatic nitrogens is 4. The smallest absolute Gasteiger partial charge is 0.254 e. The van der Waals surface area contributed by atoms with E-state index in [4.69, 9.17) is 24.0 Å². The number of nitrogens with zero attached hydrogens (tertiary/aromatic N) is 4. The molecule has 9 heteroatoms. The van der Waals surface area contributed by atoms with Gasteiger partial charge in [-0.3, -0.25) is 4.79 Å². The van der Waals surface area contributed by atoms with E-state index in [-0.39, 0.29) is 5.91 Å². The fraction of sp³-hybridized carbons (Fsp3) is 0.333. The molecule has 45 heavy (non-hydrogen) atoms. The maximum Gasteiger partial charge on any atom is 0.254 e. The highest BCUT2D eigenvalue weighted by Gasteiger charge is 2.33. The van der Waals surface area contributed by atoms with Crippen molar-refractivity contribution >= 4 is 38.6 Å². The Hall–Kier alpha value is -4.76. The average molecular weight is 602 g/mol. The Kier molecular flexibility index (Phi) is 6.60. The number of fused-ring (bicyclic) bond motifs is 4. The summed E-state index contributed by atoms with van der Waals surface area (Å²) < 4.78 is 16.8. The zero-order valence-corrected chi connectivity index (χ0v) is 25.9. The van der Waals surface area contributed by atoms with Crippen molar-refractivity contribution in [1.82, 2.24) is 25.0 Å². The fourth-order valence-corrected chi connectivity index (χ4v) is 7.32. The second-order valence-electron chi connectivity index (χ2n) is 12.4. The van der Waals surface area contributed by atoms with E-state index in [1.165, 1.54) is 0 Å². The van der Waals surface area contributed by atoms with Crippen LogP contribution < -0.4 is 4.74 Å². The summed E-state index contributed by atoms with van der Waals surface area (Å²) in [6.07, 6.45) is 2.08. The Bertz CT molecular complexity index is 2100. The molecule has 8 rings (SSSR count). The van der Waals surface area contributed by atoms with Crippen LogP contribution in [0.4, 0.5) is 0 Å². The van der Waals surface area contributed by atoms with Crippen LogP contribution in [0.5, 0.6) is 5.75 Å². The van der Waals surface area contributed by atoms with E-state index in [1.807, 2.05) is 62.1 Å². The molecule has 2 aliphatic rings. The average Bonchev–Trinajstić information content (AvgIpc) is 3.56. The molecule has 1 N–H and O–H groups in total. The van der Waals surface area contributed by atoms with Gasteiger partial charge < -0.3 is 23.9 Å². The van der Waals surface area contributed by atoms with Gasteiger partial charge in [-0.05, 0) is 68.5 Å². The molecule has 2 fully saturated rings. The monoisotopic (exact) mass is 601 g/mol. The zero-order valence-electron chi connectivity index (χ0n) is 25.9. The summed E-state index contributed by atoms with van der Waals surface area (Å²) in [6, 6.07) is 16.3. The first kappa shape index (κ1) is 27.8. The molecule has 0 saturated carbocycles. The molecule has 1 amide bonds. The second-order valence-corrected chi connectivity index (χ2v) is 12.4. The molecular formula is C36H35N5O4. The van der Waals surface area contributed by atoms with Crippen LogP contribution in [0.2, 0.25) is 0 Å². The maximum atomic E-state index is 13.9. The molecule has 9 nitrogen and oxygen atoms in total. The number of amides is 1. The van der Waals surface area contributed by atoms with Crippen molar-refractivity contribution in [2.24, 2.45) is 11.8 Å². The number of carbonyl (C=O) groups excluding carboxylic acids is 1. The van der Waals surface area contributed by atoms with Crippen LogP contribution in [0.25, 0.3) is 55.1 Å². The van der Waals surface area contributed by atoms with Crippen molar-refractivity contribution in [1.29, 1.82) is 0 Å².